The predicted octanol–water partition coefficient (Wildman–Crippen LogP) is 5.34. The first kappa shape index (κ1) is 24.7. The summed E-state index contributed by atoms with van der Waals surface area (Å²) in [6.07, 6.45) is 5.69. The van der Waals surface area contributed by atoms with Crippen LogP contribution in [0.5, 0.6) is 5.75 Å². The van der Waals surface area contributed by atoms with Crippen LogP contribution in [0.15, 0.2) is 68.1 Å². The first-order valence-electron chi connectivity index (χ1n) is 11.5. The lowest BCUT2D eigenvalue weighted by Gasteiger charge is -2.14. The minimum atomic E-state index is -0.283. The van der Waals surface area contributed by atoms with Crippen molar-refractivity contribution >= 4 is 61.4 Å². The second-order valence-electron chi connectivity index (χ2n) is 8.26. The zero-order chi connectivity index (χ0) is 25.1. The smallest absolute Gasteiger partial charge is 0.267 e. The molecule has 0 aliphatic heterocycles. The first-order chi connectivity index (χ1) is 17.5. The van der Waals surface area contributed by atoms with Crippen LogP contribution < -0.4 is 15.7 Å². The molecule has 5 rings (SSSR count). The van der Waals surface area contributed by atoms with Crippen LogP contribution in [0.2, 0.25) is 0 Å². The number of amides is 1. The van der Waals surface area contributed by atoms with Crippen LogP contribution >= 0.6 is 39.0 Å². The molecule has 0 saturated heterocycles. The van der Waals surface area contributed by atoms with Gasteiger partial charge in [0.25, 0.3) is 11.5 Å². The fourth-order valence-corrected chi connectivity index (χ4v) is 6.50. The number of halogens is 1. The van der Waals surface area contributed by atoms with E-state index >= 15 is 0 Å². The Morgan fingerprint density at radius 2 is 1.94 bits per heavy atom. The summed E-state index contributed by atoms with van der Waals surface area (Å²) in [6, 6.07) is 14.9. The van der Waals surface area contributed by atoms with Gasteiger partial charge in [-0.15, -0.1) is 11.3 Å². The van der Waals surface area contributed by atoms with E-state index in [-0.39, 0.29) is 17.2 Å². The Kier molecular flexibility index (Phi) is 7.54. The van der Waals surface area contributed by atoms with Crippen LogP contribution in [-0.2, 0) is 17.6 Å². The van der Waals surface area contributed by atoms with Gasteiger partial charge in [0.2, 0.25) is 0 Å². The third-order valence-corrected chi connectivity index (χ3v) is 8.55. The van der Waals surface area contributed by atoms with Gasteiger partial charge >= 0.3 is 0 Å². The van der Waals surface area contributed by atoms with Gasteiger partial charge in [-0.25, -0.2) is 10.4 Å². The summed E-state index contributed by atoms with van der Waals surface area (Å²) in [5.41, 5.74) is 5.14. The van der Waals surface area contributed by atoms with Crippen LogP contribution in [0, 0.1) is 0 Å². The van der Waals surface area contributed by atoms with Gasteiger partial charge in [-0.1, -0.05) is 39.8 Å². The Balaban J connectivity index is 1.43. The second kappa shape index (κ2) is 11.0. The molecule has 4 aromatic rings. The highest BCUT2D eigenvalue weighted by molar-refractivity contribution is 9.10. The van der Waals surface area contributed by atoms with E-state index in [4.69, 9.17) is 9.72 Å². The van der Waals surface area contributed by atoms with Crippen molar-refractivity contribution in [2.75, 3.05) is 12.9 Å². The first-order valence-corrected chi connectivity index (χ1v) is 14.0. The molecule has 1 aliphatic rings. The van der Waals surface area contributed by atoms with Crippen molar-refractivity contribution < 1.29 is 9.53 Å². The minimum absolute atomic E-state index is 0.0663. The Hall–Kier alpha value is -2.95. The van der Waals surface area contributed by atoms with E-state index in [2.05, 4.69) is 26.5 Å². The van der Waals surface area contributed by atoms with Crippen molar-refractivity contribution in [2.45, 2.75) is 30.8 Å². The van der Waals surface area contributed by atoms with Crippen molar-refractivity contribution in [3.8, 4) is 11.4 Å². The molecule has 0 atom stereocenters. The summed E-state index contributed by atoms with van der Waals surface area (Å²) in [5.74, 6) is 0.483. The van der Waals surface area contributed by atoms with Gasteiger partial charge in [0.05, 0.1) is 30.2 Å². The molecule has 2 heterocycles. The van der Waals surface area contributed by atoms with E-state index in [9.17, 15) is 9.59 Å². The third kappa shape index (κ3) is 5.25. The summed E-state index contributed by atoms with van der Waals surface area (Å²) < 4.78 is 7.85. The molecule has 184 valence electrons. The van der Waals surface area contributed by atoms with Crippen LogP contribution in [0.4, 0.5) is 0 Å². The van der Waals surface area contributed by atoms with Crippen LogP contribution in [0.3, 0.4) is 0 Å². The molecule has 0 bridgehead atoms. The number of fused-ring (bicyclic) bond motifs is 3. The maximum absolute atomic E-state index is 13.8. The van der Waals surface area contributed by atoms with Gasteiger partial charge in [0, 0.05) is 9.35 Å². The number of aryl methyl sites for hydroxylation is 2. The van der Waals surface area contributed by atoms with Gasteiger partial charge < -0.3 is 4.74 Å². The molecule has 2 aromatic carbocycles. The lowest BCUT2D eigenvalue weighted by molar-refractivity contribution is -0.118. The van der Waals surface area contributed by atoms with Crippen molar-refractivity contribution in [1.29, 1.82) is 0 Å². The maximum Gasteiger partial charge on any atom is 0.267 e. The van der Waals surface area contributed by atoms with Gasteiger partial charge in [-0.3, -0.25) is 14.2 Å². The molecule has 1 amide bonds. The van der Waals surface area contributed by atoms with E-state index in [0.29, 0.717) is 22.0 Å². The third-order valence-electron chi connectivity index (χ3n) is 5.89. The zero-order valence-corrected chi connectivity index (χ0v) is 22.7. The van der Waals surface area contributed by atoms with Crippen LogP contribution in [-0.4, -0.2) is 34.5 Å². The lowest BCUT2D eigenvalue weighted by Crippen LogP contribution is -2.24. The minimum Gasteiger partial charge on any atom is -0.497 e. The number of hydrogen-bond acceptors (Lipinski definition) is 7. The number of benzene rings is 2. The zero-order valence-electron chi connectivity index (χ0n) is 19.5. The van der Waals surface area contributed by atoms with E-state index in [1.54, 1.807) is 29.2 Å². The van der Waals surface area contributed by atoms with E-state index in [0.717, 1.165) is 46.1 Å². The molecule has 0 radical (unpaired) electrons. The highest BCUT2D eigenvalue weighted by Crippen LogP contribution is 2.35. The molecule has 0 fully saturated rings. The Labute approximate surface area is 224 Å². The average molecular weight is 584 g/mol. The van der Waals surface area contributed by atoms with Gasteiger partial charge in [0.15, 0.2) is 5.16 Å². The van der Waals surface area contributed by atoms with Crippen molar-refractivity contribution in [3.05, 3.63) is 79.4 Å². The van der Waals surface area contributed by atoms with Crippen LogP contribution in [0.1, 0.15) is 28.8 Å². The van der Waals surface area contributed by atoms with Crippen molar-refractivity contribution in [3.63, 3.8) is 0 Å². The molecule has 10 heteroatoms. The Morgan fingerprint density at radius 1 is 1.19 bits per heavy atom. The Bertz CT molecular complexity index is 1500. The van der Waals surface area contributed by atoms with E-state index < -0.39 is 0 Å². The topological polar surface area (TPSA) is 85.6 Å². The number of carbonyl (C=O) groups excluding carboxylic acids is 1. The quantitative estimate of drug-likeness (QED) is 0.137. The van der Waals surface area contributed by atoms with Gasteiger partial charge in [-0.05, 0) is 73.2 Å². The second-order valence-corrected chi connectivity index (χ2v) is 11.2. The molecule has 7 nitrogen and oxygen atoms in total. The molecule has 0 saturated carbocycles. The lowest BCUT2D eigenvalue weighted by atomic mass is 9.97. The average Bonchev–Trinajstić information content (AvgIpc) is 3.27. The fraction of sp³-hybridized carbons (Fsp3) is 0.231. The molecule has 1 N–H and O–H groups in total. The highest BCUT2D eigenvalue weighted by Gasteiger charge is 2.23. The molecule has 1 aliphatic carbocycles. The number of thiophene rings is 1. The largest absolute Gasteiger partial charge is 0.497 e. The summed E-state index contributed by atoms with van der Waals surface area (Å²) in [6.45, 7) is 0. The molecule has 2 aromatic heterocycles. The van der Waals surface area contributed by atoms with Crippen molar-refractivity contribution in [2.24, 2.45) is 5.10 Å². The number of ether oxygens (including phenoxy) is 1. The molecule has 0 spiro atoms. The van der Waals surface area contributed by atoms with Crippen LogP contribution in [0.25, 0.3) is 15.9 Å². The SMILES string of the molecule is COc1ccc(-n2c(SCC(=O)NN=Cc3ccc(Br)cc3)nc3sc4c(c3c2=O)CCCC4)cc1. The molecule has 0 unspecified atom stereocenters. The van der Waals surface area contributed by atoms with E-state index in [1.807, 2.05) is 48.5 Å². The molecular weight excluding hydrogens is 560 g/mol. The highest BCUT2D eigenvalue weighted by atomic mass is 79.9. The molecule has 36 heavy (non-hydrogen) atoms. The number of aromatic nitrogens is 2. The number of hydrazone groups is 1. The Morgan fingerprint density at radius 3 is 2.69 bits per heavy atom. The fourth-order valence-electron chi connectivity index (χ4n) is 4.13. The van der Waals surface area contributed by atoms with E-state index in [1.165, 1.54) is 16.6 Å². The molecular formula is C26H23BrN4O3S2. The summed E-state index contributed by atoms with van der Waals surface area (Å²) in [5, 5.41) is 5.22. The number of carbonyl (C=O) groups is 1. The number of thioether (sulfide) groups is 1. The standard InChI is InChI=1S/C26H23BrN4O3S2/c1-34-19-12-10-18(11-13-19)31-25(33)23-20-4-2-3-5-21(20)36-24(23)29-26(31)35-15-22(32)30-28-14-16-6-8-17(27)9-7-16/h6-14H,2-5,15H2,1H3,(H,30,32). The summed E-state index contributed by atoms with van der Waals surface area (Å²) in [7, 11) is 1.60. The van der Waals surface area contributed by atoms with Crippen molar-refractivity contribution in [1.82, 2.24) is 15.0 Å². The monoisotopic (exact) mass is 582 g/mol. The number of hydrogen-bond donors (Lipinski definition) is 1. The van der Waals surface area contributed by atoms with Gasteiger partial charge in [0.1, 0.15) is 10.6 Å². The number of methoxy groups -OCH3 is 1. The number of nitrogens with zero attached hydrogens (tertiary/aromatic N) is 3. The number of rotatable bonds is 7. The normalized spacial score (nSPS) is 13.2. The maximum atomic E-state index is 13.8. The predicted molar refractivity (Wildman–Crippen MR) is 149 cm³/mol. The number of nitrogens with one attached hydrogen (secondary N) is 1. The summed E-state index contributed by atoms with van der Waals surface area (Å²) >= 11 is 6.21. The summed E-state index contributed by atoms with van der Waals surface area (Å²) in [4.78, 5) is 33.2. The van der Waals surface area contributed by atoms with Gasteiger partial charge in [-0.2, -0.15) is 5.10 Å².